The molecule has 0 atom stereocenters. The van der Waals surface area contributed by atoms with Crippen LogP contribution in [0.5, 0.6) is 0 Å². The molecule has 0 saturated carbocycles. The Morgan fingerprint density at radius 1 is 1.11 bits per heavy atom. The van der Waals surface area contributed by atoms with E-state index in [2.05, 4.69) is 54.7 Å². The largest absolute Gasteiger partial charge is 0.308 e. The van der Waals surface area contributed by atoms with E-state index >= 15 is 0 Å². The van der Waals surface area contributed by atoms with Crippen molar-refractivity contribution in [2.24, 2.45) is 7.05 Å². The molecule has 1 heterocycles. The second kappa shape index (κ2) is 5.83. The highest BCUT2D eigenvalue weighted by Crippen LogP contribution is 2.10. The summed E-state index contributed by atoms with van der Waals surface area (Å²) in [6, 6.07) is 8.60. The molecule has 18 heavy (non-hydrogen) atoms. The van der Waals surface area contributed by atoms with Crippen LogP contribution in [0.3, 0.4) is 0 Å². The molecule has 0 fully saturated rings. The topological polar surface area (TPSA) is 29.9 Å². The Hall–Kier alpha value is -1.61. The van der Waals surface area contributed by atoms with Gasteiger partial charge < -0.3 is 5.32 Å². The van der Waals surface area contributed by atoms with E-state index in [0.717, 1.165) is 25.2 Å². The third kappa shape index (κ3) is 2.99. The van der Waals surface area contributed by atoms with E-state index in [1.165, 1.54) is 16.7 Å². The molecule has 0 aliphatic carbocycles. The summed E-state index contributed by atoms with van der Waals surface area (Å²) in [4.78, 5) is 0. The van der Waals surface area contributed by atoms with E-state index in [-0.39, 0.29) is 0 Å². The molecular formula is C15H21N3. The summed E-state index contributed by atoms with van der Waals surface area (Å²) >= 11 is 0. The van der Waals surface area contributed by atoms with Gasteiger partial charge in [-0.15, -0.1) is 0 Å². The van der Waals surface area contributed by atoms with Crippen LogP contribution in [0.25, 0.3) is 0 Å². The van der Waals surface area contributed by atoms with E-state index in [1.807, 2.05) is 11.7 Å². The van der Waals surface area contributed by atoms with E-state index in [1.54, 1.807) is 0 Å². The van der Waals surface area contributed by atoms with Crippen molar-refractivity contribution in [2.45, 2.75) is 33.4 Å². The van der Waals surface area contributed by atoms with Crippen molar-refractivity contribution in [1.29, 1.82) is 0 Å². The molecule has 1 N–H and O–H groups in total. The predicted molar refractivity (Wildman–Crippen MR) is 74.3 cm³/mol. The lowest BCUT2D eigenvalue weighted by Crippen LogP contribution is -2.14. The van der Waals surface area contributed by atoms with Crippen LogP contribution >= 0.6 is 0 Å². The van der Waals surface area contributed by atoms with Crippen LogP contribution in [-0.2, 0) is 26.6 Å². The monoisotopic (exact) mass is 243 g/mol. The lowest BCUT2D eigenvalue weighted by molar-refractivity contribution is 0.685. The quantitative estimate of drug-likeness (QED) is 0.874. The smallest absolute Gasteiger partial charge is 0.0638 e. The Morgan fingerprint density at radius 2 is 1.78 bits per heavy atom. The first kappa shape index (κ1) is 12.8. The maximum Gasteiger partial charge on any atom is 0.0638 e. The number of benzene rings is 1. The highest BCUT2D eigenvalue weighted by atomic mass is 15.2. The minimum atomic E-state index is 0.873. The fraction of sp³-hybridized carbons (Fsp3) is 0.400. The third-order valence-electron chi connectivity index (χ3n) is 3.25. The van der Waals surface area contributed by atoms with Crippen LogP contribution in [0.1, 0.15) is 29.3 Å². The number of aryl methyl sites for hydroxylation is 3. The number of hydrogen-bond acceptors (Lipinski definition) is 2. The molecule has 0 aliphatic rings. The Balaban J connectivity index is 1.94. The van der Waals surface area contributed by atoms with Gasteiger partial charge >= 0.3 is 0 Å². The van der Waals surface area contributed by atoms with Gasteiger partial charge in [0.15, 0.2) is 0 Å². The first-order valence-corrected chi connectivity index (χ1v) is 6.47. The van der Waals surface area contributed by atoms with Crippen LogP contribution < -0.4 is 5.32 Å². The van der Waals surface area contributed by atoms with Crippen molar-refractivity contribution >= 4 is 0 Å². The molecule has 0 aliphatic heterocycles. The Labute approximate surface area is 109 Å². The molecule has 1 aromatic heterocycles. The van der Waals surface area contributed by atoms with E-state index < -0.39 is 0 Å². The maximum absolute atomic E-state index is 4.35. The van der Waals surface area contributed by atoms with Crippen LogP contribution in [-0.4, -0.2) is 9.78 Å². The zero-order chi connectivity index (χ0) is 13.0. The molecule has 2 aromatic rings. The molecule has 0 saturated heterocycles. The highest BCUT2D eigenvalue weighted by molar-refractivity contribution is 5.27. The maximum atomic E-state index is 4.35. The van der Waals surface area contributed by atoms with E-state index in [4.69, 9.17) is 0 Å². The lowest BCUT2D eigenvalue weighted by Gasteiger charge is -2.08. The standard InChI is InChI=1S/C15H21N3/c1-4-13-7-5-6-8-14(13)9-16-10-15-11-18(3)17-12(15)2/h5-8,11,16H,4,9-10H2,1-3H3. The average Bonchev–Trinajstić information content (AvgIpc) is 2.68. The van der Waals surface area contributed by atoms with Crippen molar-refractivity contribution < 1.29 is 0 Å². The fourth-order valence-electron chi connectivity index (χ4n) is 2.23. The van der Waals surface area contributed by atoms with Crippen LogP contribution in [0.15, 0.2) is 30.5 Å². The van der Waals surface area contributed by atoms with Crippen molar-refractivity contribution in [1.82, 2.24) is 15.1 Å². The van der Waals surface area contributed by atoms with Crippen LogP contribution in [0.4, 0.5) is 0 Å². The third-order valence-corrected chi connectivity index (χ3v) is 3.25. The summed E-state index contributed by atoms with van der Waals surface area (Å²) in [5.74, 6) is 0. The summed E-state index contributed by atoms with van der Waals surface area (Å²) in [7, 11) is 1.96. The van der Waals surface area contributed by atoms with Gasteiger partial charge in [-0.3, -0.25) is 4.68 Å². The molecule has 0 bridgehead atoms. The van der Waals surface area contributed by atoms with Gasteiger partial charge in [0, 0.05) is 31.9 Å². The zero-order valence-corrected chi connectivity index (χ0v) is 11.4. The summed E-state index contributed by atoms with van der Waals surface area (Å²) in [6.45, 7) is 6.04. The molecule has 96 valence electrons. The zero-order valence-electron chi connectivity index (χ0n) is 11.4. The second-order valence-corrected chi connectivity index (χ2v) is 4.64. The average molecular weight is 243 g/mol. The first-order chi connectivity index (χ1) is 8.70. The summed E-state index contributed by atoms with van der Waals surface area (Å²) in [6.07, 6.45) is 3.16. The number of rotatable bonds is 5. The summed E-state index contributed by atoms with van der Waals surface area (Å²) in [5, 5.41) is 7.84. The van der Waals surface area contributed by atoms with Gasteiger partial charge in [-0.2, -0.15) is 5.10 Å². The minimum absolute atomic E-state index is 0.873. The summed E-state index contributed by atoms with van der Waals surface area (Å²) < 4.78 is 1.87. The van der Waals surface area contributed by atoms with Crippen LogP contribution in [0, 0.1) is 6.92 Å². The van der Waals surface area contributed by atoms with Gasteiger partial charge in [0.2, 0.25) is 0 Å². The molecule has 1 aromatic carbocycles. The van der Waals surface area contributed by atoms with Crippen molar-refractivity contribution in [3.63, 3.8) is 0 Å². The number of nitrogens with zero attached hydrogens (tertiary/aromatic N) is 2. The Bertz CT molecular complexity index is 514. The molecular weight excluding hydrogens is 222 g/mol. The number of aromatic nitrogens is 2. The SMILES string of the molecule is CCc1ccccc1CNCc1cn(C)nc1C. The normalized spacial score (nSPS) is 10.8. The molecule has 2 rings (SSSR count). The fourth-order valence-corrected chi connectivity index (χ4v) is 2.23. The molecule has 0 unspecified atom stereocenters. The van der Waals surface area contributed by atoms with Crippen molar-refractivity contribution in [3.8, 4) is 0 Å². The van der Waals surface area contributed by atoms with E-state index in [0.29, 0.717) is 0 Å². The predicted octanol–water partition coefficient (Wildman–Crippen LogP) is 2.58. The van der Waals surface area contributed by atoms with E-state index in [9.17, 15) is 0 Å². The van der Waals surface area contributed by atoms with Gasteiger partial charge in [0.05, 0.1) is 5.69 Å². The van der Waals surface area contributed by atoms with Gasteiger partial charge in [-0.1, -0.05) is 31.2 Å². The molecule has 0 spiro atoms. The Morgan fingerprint density at radius 3 is 2.39 bits per heavy atom. The molecule has 0 radical (unpaired) electrons. The molecule has 3 heteroatoms. The lowest BCUT2D eigenvalue weighted by atomic mass is 10.1. The first-order valence-electron chi connectivity index (χ1n) is 6.47. The summed E-state index contributed by atoms with van der Waals surface area (Å²) in [5.41, 5.74) is 5.19. The van der Waals surface area contributed by atoms with Crippen LogP contribution in [0.2, 0.25) is 0 Å². The van der Waals surface area contributed by atoms with Gasteiger partial charge in [0.25, 0.3) is 0 Å². The number of hydrogen-bond donors (Lipinski definition) is 1. The van der Waals surface area contributed by atoms with Crippen molar-refractivity contribution in [2.75, 3.05) is 0 Å². The van der Waals surface area contributed by atoms with Gasteiger partial charge in [0.1, 0.15) is 0 Å². The van der Waals surface area contributed by atoms with Gasteiger partial charge in [-0.25, -0.2) is 0 Å². The van der Waals surface area contributed by atoms with Gasteiger partial charge in [-0.05, 0) is 24.5 Å². The second-order valence-electron chi connectivity index (χ2n) is 4.64. The Kier molecular flexibility index (Phi) is 4.15. The highest BCUT2D eigenvalue weighted by Gasteiger charge is 2.03. The minimum Gasteiger partial charge on any atom is -0.308 e. The molecule has 0 amide bonds. The van der Waals surface area contributed by atoms with Crippen molar-refractivity contribution in [3.05, 3.63) is 52.8 Å². The molecule has 3 nitrogen and oxygen atoms in total. The number of nitrogens with one attached hydrogen (secondary N) is 1.